The van der Waals surface area contributed by atoms with Crippen LogP contribution in [0.15, 0.2) is 18.2 Å². The molecule has 1 rings (SSSR count). The van der Waals surface area contributed by atoms with Crippen molar-refractivity contribution < 1.29 is 14.7 Å². The molecule has 5 N–H and O–H groups in total. The maximum Gasteiger partial charge on any atom is 0.321 e. The lowest BCUT2D eigenvalue weighted by Crippen LogP contribution is -2.46. The molecule has 0 aliphatic heterocycles. The topological polar surface area (TPSA) is 106 Å². The molecular formula is C14H20N2O3S. The van der Waals surface area contributed by atoms with E-state index in [9.17, 15) is 9.59 Å². The molecule has 0 fully saturated rings. The van der Waals surface area contributed by atoms with Crippen LogP contribution in [0.2, 0.25) is 0 Å². The Morgan fingerprint density at radius 1 is 1.40 bits per heavy atom. The molecule has 20 heavy (non-hydrogen) atoms. The van der Waals surface area contributed by atoms with E-state index in [-0.39, 0.29) is 0 Å². The van der Waals surface area contributed by atoms with Crippen LogP contribution < -0.4 is 11.5 Å². The molecule has 0 radical (unpaired) electrons. The first-order chi connectivity index (χ1) is 9.15. The summed E-state index contributed by atoms with van der Waals surface area (Å²) >= 11 is 1.47. The summed E-state index contributed by atoms with van der Waals surface area (Å²) in [6, 6.07) is 4.32. The van der Waals surface area contributed by atoms with Crippen LogP contribution in [0, 0.1) is 6.92 Å². The number of aryl methyl sites for hydroxylation is 1. The molecule has 0 saturated heterocycles. The van der Waals surface area contributed by atoms with Gasteiger partial charge in [-0.15, -0.1) is 11.8 Å². The molecule has 0 aliphatic rings. The van der Waals surface area contributed by atoms with E-state index in [0.717, 1.165) is 11.1 Å². The summed E-state index contributed by atoms with van der Waals surface area (Å²) in [5.74, 6) is -0.845. The van der Waals surface area contributed by atoms with Gasteiger partial charge < -0.3 is 16.6 Å². The van der Waals surface area contributed by atoms with Crippen molar-refractivity contribution in [2.45, 2.75) is 37.3 Å². The van der Waals surface area contributed by atoms with Crippen molar-refractivity contribution in [3.8, 4) is 0 Å². The summed E-state index contributed by atoms with van der Waals surface area (Å²) in [4.78, 5) is 22.0. The molecule has 1 amide bonds. The Kier molecular flexibility index (Phi) is 5.19. The second kappa shape index (κ2) is 6.28. The molecule has 0 aliphatic carbocycles. The molecule has 6 heteroatoms. The van der Waals surface area contributed by atoms with Crippen LogP contribution in [0.25, 0.3) is 0 Å². The molecular weight excluding hydrogens is 276 g/mol. The van der Waals surface area contributed by atoms with Gasteiger partial charge in [0.25, 0.3) is 0 Å². The molecule has 5 nitrogen and oxygen atoms in total. The number of carboxylic acid groups (broad SMARTS) is 1. The third-order valence-electron chi connectivity index (χ3n) is 3.24. The van der Waals surface area contributed by atoms with Crippen LogP contribution in [-0.2, 0) is 10.5 Å². The van der Waals surface area contributed by atoms with Gasteiger partial charge in [-0.2, -0.15) is 0 Å². The van der Waals surface area contributed by atoms with Crippen molar-refractivity contribution in [3.63, 3.8) is 0 Å². The SMILES string of the molecule is Cc1cc(C(N)=O)ccc1CSC(C)(C)[C@@H](N)C(=O)O. The van der Waals surface area contributed by atoms with E-state index in [1.54, 1.807) is 12.1 Å². The highest BCUT2D eigenvalue weighted by Gasteiger charge is 2.32. The fraction of sp³-hybridized carbons (Fsp3) is 0.429. The minimum atomic E-state index is -1.01. The number of nitrogens with two attached hydrogens (primary N) is 2. The molecule has 0 bridgehead atoms. The number of hydrogen-bond acceptors (Lipinski definition) is 4. The fourth-order valence-electron chi connectivity index (χ4n) is 1.66. The van der Waals surface area contributed by atoms with Gasteiger partial charge in [0.15, 0.2) is 0 Å². The first kappa shape index (κ1) is 16.5. The molecule has 0 saturated carbocycles. The normalized spacial score (nSPS) is 13.0. The number of thioether (sulfide) groups is 1. The predicted molar refractivity (Wildman–Crippen MR) is 80.7 cm³/mol. The smallest absolute Gasteiger partial charge is 0.321 e. The van der Waals surface area contributed by atoms with Gasteiger partial charge in [-0.25, -0.2) is 0 Å². The van der Waals surface area contributed by atoms with E-state index in [4.69, 9.17) is 16.6 Å². The van der Waals surface area contributed by atoms with Gasteiger partial charge in [0.2, 0.25) is 5.91 Å². The van der Waals surface area contributed by atoms with Gasteiger partial charge in [0.1, 0.15) is 6.04 Å². The van der Waals surface area contributed by atoms with E-state index in [2.05, 4.69) is 0 Å². The lowest BCUT2D eigenvalue weighted by molar-refractivity contribution is -0.139. The van der Waals surface area contributed by atoms with Crippen LogP contribution >= 0.6 is 11.8 Å². The van der Waals surface area contributed by atoms with E-state index < -0.39 is 22.7 Å². The van der Waals surface area contributed by atoms with Crippen molar-refractivity contribution >= 4 is 23.6 Å². The van der Waals surface area contributed by atoms with E-state index in [1.165, 1.54) is 11.8 Å². The number of carbonyl (C=O) groups excluding carboxylic acids is 1. The number of rotatable bonds is 6. The summed E-state index contributed by atoms with van der Waals surface area (Å²) in [5, 5.41) is 8.98. The number of amides is 1. The Hall–Kier alpha value is -1.53. The minimum Gasteiger partial charge on any atom is -0.480 e. The lowest BCUT2D eigenvalue weighted by atomic mass is 10.0. The Morgan fingerprint density at radius 3 is 2.45 bits per heavy atom. The Labute approximate surface area is 122 Å². The van der Waals surface area contributed by atoms with Crippen molar-refractivity contribution in [1.29, 1.82) is 0 Å². The first-order valence-electron chi connectivity index (χ1n) is 6.17. The molecule has 0 unspecified atom stereocenters. The van der Waals surface area contributed by atoms with Crippen LogP contribution in [0.1, 0.15) is 35.3 Å². The summed E-state index contributed by atoms with van der Waals surface area (Å²) in [7, 11) is 0. The van der Waals surface area contributed by atoms with Gasteiger partial charge in [-0.05, 0) is 44.0 Å². The minimum absolute atomic E-state index is 0.458. The largest absolute Gasteiger partial charge is 0.480 e. The molecule has 0 aromatic heterocycles. The number of hydrogen-bond donors (Lipinski definition) is 3. The number of carboxylic acids is 1. The fourth-order valence-corrected chi connectivity index (χ4v) is 2.79. The zero-order chi connectivity index (χ0) is 15.5. The van der Waals surface area contributed by atoms with E-state index >= 15 is 0 Å². The number of primary amides is 1. The molecule has 1 atom stereocenters. The molecule has 1 aromatic carbocycles. The van der Waals surface area contributed by atoms with Gasteiger partial charge in [0.05, 0.1) is 0 Å². The van der Waals surface area contributed by atoms with Gasteiger partial charge in [-0.3, -0.25) is 9.59 Å². The third-order valence-corrected chi connectivity index (χ3v) is 4.70. The zero-order valence-corrected chi connectivity index (χ0v) is 12.7. The standard InChI is InChI=1S/C14H20N2O3S/c1-8-6-9(12(16)17)4-5-10(8)7-20-14(2,3)11(15)13(18)19/h4-6,11H,7,15H2,1-3H3,(H2,16,17)(H,18,19)/t11-/m0/s1. The highest BCUT2D eigenvalue weighted by atomic mass is 32.2. The predicted octanol–water partition coefficient (Wildman–Crippen LogP) is 1.52. The average Bonchev–Trinajstić information content (AvgIpc) is 2.35. The number of aliphatic carboxylic acids is 1. The van der Waals surface area contributed by atoms with Crippen molar-refractivity contribution in [2.75, 3.05) is 0 Å². The van der Waals surface area contributed by atoms with Gasteiger partial charge >= 0.3 is 5.97 Å². The second-order valence-corrected chi connectivity index (χ2v) is 6.84. The average molecular weight is 296 g/mol. The molecule has 1 aromatic rings. The molecule has 0 spiro atoms. The summed E-state index contributed by atoms with van der Waals surface area (Å²) in [6.45, 7) is 5.51. The molecule has 110 valence electrons. The lowest BCUT2D eigenvalue weighted by Gasteiger charge is -2.28. The number of carbonyl (C=O) groups is 2. The first-order valence-corrected chi connectivity index (χ1v) is 7.15. The van der Waals surface area contributed by atoms with Crippen molar-refractivity contribution in [2.24, 2.45) is 11.5 Å². The Balaban J connectivity index is 2.80. The summed E-state index contributed by atoms with van der Waals surface area (Å²) < 4.78 is -0.583. The second-order valence-electron chi connectivity index (χ2n) is 5.21. The van der Waals surface area contributed by atoms with Crippen LogP contribution in [-0.4, -0.2) is 27.8 Å². The highest BCUT2D eigenvalue weighted by Crippen LogP contribution is 2.31. The third kappa shape index (κ3) is 3.98. The summed E-state index contributed by atoms with van der Waals surface area (Å²) in [6.07, 6.45) is 0. The summed E-state index contributed by atoms with van der Waals surface area (Å²) in [5.41, 5.74) is 13.4. The quantitative estimate of drug-likeness (QED) is 0.738. The van der Waals surface area contributed by atoms with Crippen molar-refractivity contribution in [3.05, 3.63) is 34.9 Å². The van der Waals surface area contributed by atoms with Crippen LogP contribution in [0.3, 0.4) is 0 Å². The monoisotopic (exact) mass is 296 g/mol. The Morgan fingerprint density at radius 2 is 2.00 bits per heavy atom. The maximum absolute atomic E-state index is 11.1. The molecule has 0 heterocycles. The zero-order valence-electron chi connectivity index (χ0n) is 11.8. The van der Waals surface area contributed by atoms with E-state index in [0.29, 0.717) is 11.3 Å². The van der Waals surface area contributed by atoms with Crippen molar-refractivity contribution in [1.82, 2.24) is 0 Å². The van der Waals surface area contributed by atoms with Crippen LogP contribution in [0.5, 0.6) is 0 Å². The highest BCUT2D eigenvalue weighted by molar-refractivity contribution is 7.99. The maximum atomic E-state index is 11.1. The van der Waals surface area contributed by atoms with E-state index in [1.807, 2.05) is 26.8 Å². The van der Waals surface area contributed by atoms with Crippen LogP contribution in [0.4, 0.5) is 0 Å². The van der Waals surface area contributed by atoms with Gasteiger partial charge in [-0.1, -0.05) is 6.07 Å². The number of benzene rings is 1. The Bertz CT molecular complexity index is 529. The van der Waals surface area contributed by atoms with Gasteiger partial charge in [0, 0.05) is 16.1 Å².